The van der Waals surface area contributed by atoms with Crippen molar-refractivity contribution in [2.24, 2.45) is 0 Å². The second-order valence-electron chi connectivity index (χ2n) is 3.81. The number of esters is 1. The Morgan fingerprint density at radius 3 is 3.18 bits per heavy atom. The van der Waals surface area contributed by atoms with Crippen LogP contribution >= 0.6 is 0 Å². The third kappa shape index (κ3) is 2.65. The molecule has 0 aromatic heterocycles. The van der Waals surface area contributed by atoms with E-state index in [-0.39, 0.29) is 0 Å². The van der Waals surface area contributed by atoms with Gasteiger partial charge in [0, 0.05) is 18.2 Å². The van der Waals surface area contributed by atoms with Gasteiger partial charge in [-0.15, -0.1) is 0 Å². The maximum atomic E-state index is 11.1. The molecule has 0 fully saturated rings. The summed E-state index contributed by atoms with van der Waals surface area (Å²) in [7, 11) is 0. The van der Waals surface area contributed by atoms with Crippen molar-refractivity contribution in [1.82, 2.24) is 4.90 Å². The van der Waals surface area contributed by atoms with E-state index >= 15 is 0 Å². The first-order valence-electron chi connectivity index (χ1n) is 5.55. The number of ether oxygens (including phenoxy) is 2. The topological polar surface area (TPSA) is 38.8 Å². The molecule has 0 atom stereocenters. The molecule has 1 aromatic rings. The van der Waals surface area contributed by atoms with Crippen LogP contribution in [0.1, 0.15) is 12.5 Å². The first-order valence-corrected chi connectivity index (χ1v) is 5.55. The molecule has 0 N–H and O–H groups in total. The Kier molecular flexibility index (Phi) is 3.44. The number of nitrogens with zero attached hydrogens (tertiary/aromatic N) is 1. The summed E-state index contributed by atoms with van der Waals surface area (Å²) in [5.74, 6) is 0.928. The van der Waals surface area contributed by atoms with Crippen LogP contribution in [0.15, 0.2) is 30.9 Å². The van der Waals surface area contributed by atoms with Crippen molar-refractivity contribution in [3.8, 4) is 11.5 Å². The van der Waals surface area contributed by atoms with Gasteiger partial charge in [0.1, 0.15) is 18.2 Å². The molecule has 17 heavy (non-hydrogen) atoms. The molecular formula is C13H15NO3. The highest BCUT2D eigenvalue weighted by Crippen LogP contribution is 2.28. The number of hydrogen-bond acceptors (Lipinski definition) is 4. The summed E-state index contributed by atoms with van der Waals surface area (Å²) in [6.07, 6.45) is 1.15. The van der Waals surface area contributed by atoms with Crippen molar-refractivity contribution in [2.75, 3.05) is 13.3 Å². The van der Waals surface area contributed by atoms with Gasteiger partial charge in [0.25, 0.3) is 0 Å². The van der Waals surface area contributed by atoms with Crippen molar-refractivity contribution in [2.45, 2.75) is 13.5 Å². The molecule has 0 radical (unpaired) electrons. The highest BCUT2D eigenvalue weighted by Gasteiger charge is 2.16. The summed E-state index contributed by atoms with van der Waals surface area (Å²) in [6, 6.07) is 5.38. The molecule has 0 saturated carbocycles. The minimum atomic E-state index is -0.450. The Morgan fingerprint density at radius 2 is 2.47 bits per heavy atom. The van der Waals surface area contributed by atoms with Gasteiger partial charge in [0.05, 0.1) is 0 Å². The normalized spacial score (nSPS) is 14.6. The molecule has 1 aliphatic rings. The number of fused-ring (bicyclic) bond motifs is 1. The van der Waals surface area contributed by atoms with Crippen LogP contribution in [0.4, 0.5) is 0 Å². The van der Waals surface area contributed by atoms with Crippen LogP contribution < -0.4 is 9.47 Å². The Bertz CT molecular complexity index is 442. The molecular weight excluding hydrogens is 218 g/mol. The summed E-state index contributed by atoms with van der Waals surface area (Å²) in [6.45, 7) is 7.79. The van der Waals surface area contributed by atoms with Crippen molar-refractivity contribution in [1.29, 1.82) is 0 Å². The van der Waals surface area contributed by atoms with E-state index in [9.17, 15) is 4.79 Å². The Morgan fingerprint density at radius 1 is 1.65 bits per heavy atom. The number of benzene rings is 1. The Labute approximate surface area is 100 Å². The molecule has 1 aliphatic heterocycles. The van der Waals surface area contributed by atoms with E-state index in [0.29, 0.717) is 12.5 Å². The maximum Gasteiger partial charge on any atom is 0.335 e. The van der Waals surface area contributed by atoms with Crippen LogP contribution in [0.25, 0.3) is 0 Å². The van der Waals surface area contributed by atoms with Gasteiger partial charge < -0.3 is 9.47 Å². The van der Waals surface area contributed by atoms with Crippen molar-refractivity contribution < 1.29 is 14.3 Å². The molecule has 1 heterocycles. The molecule has 0 amide bonds. The quantitative estimate of drug-likeness (QED) is 0.454. The van der Waals surface area contributed by atoms with E-state index in [1.807, 2.05) is 12.1 Å². The predicted molar refractivity (Wildman–Crippen MR) is 63.9 cm³/mol. The zero-order valence-corrected chi connectivity index (χ0v) is 9.81. The smallest absolute Gasteiger partial charge is 0.335 e. The summed E-state index contributed by atoms with van der Waals surface area (Å²) >= 11 is 0. The lowest BCUT2D eigenvalue weighted by Crippen LogP contribution is -2.31. The lowest BCUT2D eigenvalue weighted by Gasteiger charge is -2.27. The fourth-order valence-corrected chi connectivity index (χ4v) is 1.69. The highest BCUT2D eigenvalue weighted by atomic mass is 16.5. The zero-order valence-electron chi connectivity index (χ0n) is 9.81. The third-order valence-electron chi connectivity index (χ3n) is 2.66. The minimum Gasteiger partial charge on any atom is -0.478 e. The van der Waals surface area contributed by atoms with E-state index in [2.05, 4.69) is 18.4 Å². The number of carbonyl (C=O) groups is 1. The molecule has 0 aliphatic carbocycles. The van der Waals surface area contributed by atoms with E-state index in [4.69, 9.17) is 9.47 Å². The number of hydrogen-bond donors (Lipinski definition) is 0. The van der Waals surface area contributed by atoms with Crippen LogP contribution in [0.2, 0.25) is 0 Å². The largest absolute Gasteiger partial charge is 0.478 e. The van der Waals surface area contributed by atoms with Gasteiger partial charge in [-0.3, -0.25) is 4.90 Å². The first-order chi connectivity index (χ1) is 8.22. The summed E-state index contributed by atoms with van der Waals surface area (Å²) < 4.78 is 10.6. The van der Waals surface area contributed by atoms with E-state index in [0.717, 1.165) is 30.5 Å². The third-order valence-corrected chi connectivity index (χ3v) is 2.66. The van der Waals surface area contributed by atoms with E-state index < -0.39 is 5.97 Å². The zero-order chi connectivity index (χ0) is 12.3. The first kappa shape index (κ1) is 11.7. The van der Waals surface area contributed by atoms with Crippen LogP contribution in [-0.4, -0.2) is 24.1 Å². The average Bonchev–Trinajstić information content (AvgIpc) is 2.37. The van der Waals surface area contributed by atoms with Crippen LogP contribution in [0.3, 0.4) is 0 Å². The number of rotatable bonds is 3. The van der Waals surface area contributed by atoms with Crippen LogP contribution in [-0.2, 0) is 11.3 Å². The molecule has 2 rings (SSSR count). The molecule has 90 valence electrons. The van der Waals surface area contributed by atoms with Gasteiger partial charge in [0.2, 0.25) is 0 Å². The van der Waals surface area contributed by atoms with Gasteiger partial charge in [-0.2, -0.15) is 0 Å². The monoisotopic (exact) mass is 233 g/mol. The van der Waals surface area contributed by atoms with Gasteiger partial charge in [0.15, 0.2) is 0 Å². The summed E-state index contributed by atoms with van der Waals surface area (Å²) in [5, 5.41) is 0. The van der Waals surface area contributed by atoms with Crippen molar-refractivity contribution >= 4 is 5.97 Å². The van der Waals surface area contributed by atoms with E-state index in [1.165, 1.54) is 0 Å². The fraction of sp³-hybridized carbons (Fsp3) is 0.308. The maximum absolute atomic E-state index is 11.1. The summed E-state index contributed by atoms with van der Waals surface area (Å²) in [5.41, 5.74) is 1.03. The van der Waals surface area contributed by atoms with Crippen LogP contribution in [0, 0.1) is 0 Å². The molecule has 0 bridgehead atoms. The van der Waals surface area contributed by atoms with Gasteiger partial charge in [-0.1, -0.05) is 13.5 Å². The SMILES string of the molecule is C=CC(=O)Oc1ccc2c(c1)CN(CC)CO2. The molecule has 4 nitrogen and oxygen atoms in total. The Balaban J connectivity index is 2.18. The van der Waals surface area contributed by atoms with Crippen molar-refractivity contribution in [3.63, 3.8) is 0 Å². The molecule has 4 heteroatoms. The van der Waals surface area contributed by atoms with Crippen molar-refractivity contribution in [3.05, 3.63) is 36.4 Å². The van der Waals surface area contributed by atoms with E-state index in [1.54, 1.807) is 6.07 Å². The van der Waals surface area contributed by atoms with Gasteiger partial charge >= 0.3 is 5.97 Å². The van der Waals surface area contributed by atoms with Gasteiger partial charge in [-0.05, 0) is 24.7 Å². The highest BCUT2D eigenvalue weighted by molar-refractivity contribution is 5.83. The second kappa shape index (κ2) is 5.01. The standard InChI is InChI=1S/C13H15NO3/c1-3-13(15)17-11-5-6-12-10(7-11)8-14(4-2)9-16-12/h3,5-7H,1,4,8-9H2,2H3. The van der Waals surface area contributed by atoms with Crippen LogP contribution in [0.5, 0.6) is 11.5 Å². The molecule has 0 saturated heterocycles. The molecule has 0 unspecified atom stereocenters. The Hall–Kier alpha value is -1.81. The molecule has 0 spiro atoms. The minimum absolute atomic E-state index is 0.450. The average molecular weight is 233 g/mol. The fourth-order valence-electron chi connectivity index (χ4n) is 1.69. The predicted octanol–water partition coefficient (Wildman–Crippen LogP) is 1.95. The second-order valence-corrected chi connectivity index (χ2v) is 3.81. The summed E-state index contributed by atoms with van der Waals surface area (Å²) in [4.78, 5) is 13.2. The lowest BCUT2D eigenvalue weighted by atomic mass is 10.1. The molecule has 1 aromatic carbocycles. The lowest BCUT2D eigenvalue weighted by molar-refractivity contribution is -0.128. The number of carbonyl (C=O) groups excluding carboxylic acids is 1. The van der Waals surface area contributed by atoms with Gasteiger partial charge in [-0.25, -0.2) is 4.79 Å².